The molecule has 4 nitrogen and oxygen atoms in total. The molecule has 0 aliphatic rings. The van der Waals surface area contributed by atoms with Crippen LogP contribution in [0, 0.1) is 0 Å². The number of pyridine rings is 1. The van der Waals surface area contributed by atoms with Gasteiger partial charge in [0.1, 0.15) is 5.69 Å². The molecule has 0 radical (unpaired) electrons. The van der Waals surface area contributed by atoms with E-state index in [9.17, 15) is 18.0 Å². The molecule has 1 aromatic heterocycles. The minimum Gasteiger partial charge on any atom is -0.392 e. The summed E-state index contributed by atoms with van der Waals surface area (Å²) in [7, 11) is 0. The van der Waals surface area contributed by atoms with Crippen molar-refractivity contribution in [1.29, 1.82) is 0 Å². The first-order valence-electron chi connectivity index (χ1n) is 5.95. The van der Waals surface area contributed by atoms with Crippen LogP contribution in [0.25, 0.3) is 0 Å². The number of para-hydroxylation sites is 1. The maximum absolute atomic E-state index is 12.4. The summed E-state index contributed by atoms with van der Waals surface area (Å²) in [6.07, 6.45) is -3.89. The van der Waals surface area contributed by atoms with Gasteiger partial charge in [0, 0.05) is 17.4 Å². The fourth-order valence-corrected chi connectivity index (χ4v) is 1.66. The van der Waals surface area contributed by atoms with E-state index in [1.807, 2.05) is 0 Å². The van der Waals surface area contributed by atoms with Gasteiger partial charge in [0.2, 0.25) is 0 Å². The Morgan fingerprint density at radius 1 is 1.19 bits per heavy atom. The van der Waals surface area contributed by atoms with E-state index in [4.69, 9.17) is 5.11 Å². The van der Waals surface area contributed by atoms with E-state index in [-0.39, 0.29) is 12.3 Å². The van der Waals surface area contributed by atoms with Crippen molar-refractivity contribution in [2.75, 3.05) is 5.32 Å². The molecule has 0 bridgehead atoms. The van der Waals surface area contributed by atoms with Gasteiger partial charge in [0.15, 0.2) is 0 Å². The summed E-state index contributed by atoms with van der Waals surface area (Å²) in [5.41, 5.74) is -0.185. The Morgan fingerprint density at radius 2 is 1.90 bits per heavy atom. The van der Waals surface area contributed by atoms with Crippen LogP contribution in [-0.4, -0.2) is 16.0 Å². The Bertz CT molecular complexity index is 639. The van der Waals surface area contributed by atoms with Crippen molar-refractivity contribution in [3.8, 4) is 0 Å². The van der Waals surface area contributed by atoms with Crippen molar-refractivity contribution in [2.45, 2.75) is 12.8 Å². The highest BCUT2D eigenvalue weighted by molar-refractivity contribution is 6.03. The van der Waals surface area contributed by atoms with Crippen LogP contribution in [0.1, 0.15) is 21.6 Å². The molecule has 0 saturated carbocycles. The van der Waals surface area contributed by atoms with Crippen LogP contribution in [0.5, 0.6) is 0 Å². The molecule has 0 unspecified atom stereocenters. The Kier molecular flexibility index (Phi) is 4.23. The number of carbonyl (C=O) groups excluding carboxylic acids is 1. The quantitative estimate of drug-likeness (QED) is 0.915. The minimum atomic E-state index is -4.49. The summed E-state index contributed by atoms with van der Waals surface area (Å²) in [5, 5.41) is 11.6. The largest absolute Gasteiger partial charge is 0.417 e. The average molecular weight is 296 g/mol. The third kappa shape index (κ3) is 3.57. The van der Waals surface area contributed by atoms with Gasteiger partial charge >= 0.3 is 6.18 Å². The Morgan fingerprint density at radius 3 is 2.48 bits per heavy atom. The fraction of sp³-hybridized carbons (Fsp3) is 0.143. The molecule has 21 heavy (non-hydrogen) atoms. The predicted molar refractivity (Wildman–Crippen MR) is 69.6 cm³/mol. The number of anilines is 1. The lowest BCUT2D eigenvalue weighted by atomic mass is 10.2. The van der Waals surface area contributed by atoms with E-state index in [2.05, 4.69) is 10.3 Å². The van der Waals surface area contributed by atoms with Gasteiger partial charge in [-0.2, -0.15) is 13.2 Å². The first-order valence-corrected chi connectivity index (χ1v) is 5.95. The fourth-order valence-electron chi connectivity index (χ4n) is 1.66. The van der Waals surface area contributed by atoms with Crippen LogP contribution in [-0.2, 0) is 12.8 Å². The van der Waals surface area contributed by atoms with Crippen molar-refractivity contribution >= 4 is 11.6 Å². The van der Waals surface area contributed by atoms with Crippen molar-refractivity contribution in [3.63, 3.8) is 0 Å². The number of nitrogens with zero attached hydrogens (tertiary/aromatic N) is 1. The molecule has 0 spiro atoms. The molecule has 0 aliphatic heterocycles. The normalized spacial score (nSPS) is 11.2. The van der Waals surface area contributed by atoms with E-state index in [1.165, 1.54) is 0 Å². The number of aliphatic hydroxyl groups is 1. The highest BCUT2D eigenvalue weighted by Crippen LogP contribution is 2.28. The summed E-state index contributed by atoms with van der Waals surface area (Å²) in [4.78, 5) is 15.4. The number of aromatic nitrogens is 1. The SMILES string of the molecule is O=C(Nc1ccccc1CO)c1ccc(C(F)(F)F)cn1. The third-order valence-electron chi connectivity index (χ3n) is 2.76. The number of benzene rings is 1. The van der Waals surface area contributed by atoms with Crippen LogP contribution in [0.3, 0.4) is 0 Å². The van der Waals surface area contributed by atoms with E-state index < -0.39 is 17.6 Å². The van der Waals surface area contributed by atoms with E-state index in [1.54, 1.807) is 24.3 Å². The zero-order valence-electron chi connectivity index (χ0n) is 10.7. The van der Waals surface area contributed by atoms with E-state index >= 15 is 0 Å². The summed E-state index contributed by atoms with van der Waals surface area (Å²) >= 11 is 0. The number of amides is 1. The molecule has 0 aliphatic carbocycles. The number of nitrogens with one attached hydrogen (secondary N) is 1. The van der Waals surface area contributed by atoms with Gasteiger partial charge in [-0.05, 0) is 18.2 Å². The molecule has 7 heteroatoms. The monoisotopic (exact) mass is 296 g/mol. The van der Waals surface area contributed by atoms with Crippen molar-refractivity contribution in [2.24, 2.45) is 0 Å². The molecule has 1 heterocycles. The summed E-state index contributed by atoms with van der Waals surface area (Å²) in [5.74, 6) is -0.648. The highest BCUT2D eigenvalue weighted by Gasteiger charge is 2.30. The van der Waals surface area contributed by atoms with E-state index in [0.717, 1.165) is 12.1 Å². The maximum Gasteiger partial charge on any atom is 0.417 e. The standard InChI is InChI=1S/C14H11F3N2O2/c15-14(16,17)10-5-6-12(18-7-10)13(21)19-11-4-2-1-3-9(11)8-20/h1-7,20H,8H2,(H,19,21). The molecule has 2 N–H and O–H groups in total. The van der Waals surface area contributed by atoms with Gasteiger partial charge in [-0.3, -0.25) is 9.78 Å². The predicted octanol–water partition coefficient (Wildman–Crippen LogP) is 2.85. The second-order valence-corrected chi connectivity index (χ2v) is 4.20. The Balaban J connectivity index is 2.17. The van der Waals surface area contributed by atoms with Crippen LogP contribution in [0.4, 0.5) is 18.9 Å². The highest BCUT2D eigenvalue weighted by atomic mass is 19.4. The van der Waals surface area contributed by atoms with Gasteiger partial charge in [-0.15, -0.1) is 0 Å². The van der Waals surface area contributed by atoms with Crippen molar-refractivity contribution in [1.82, 2.24) is 4.98 Å². The molecular formula is C14H11F3N2O2. The maximum atomic E-state index is 12.4. The summed E-state index contributed by atoms with van der Waals surface area (Å²) < 4.78 is 37.2. The molecule has 0 atom stereocenters. The number of rotatable bonds is 3. The molecule has 0 fully saturated rings. The van der Waals surface area contributed by atoms with Gasteiger partial charge in [0.05, 0.1) is 12.2 Å². The lowest BCUT2D eigenvalue weighted by Crippen LogP contribution is -2.16. The third-order valence-corrected chi connectivity index (χ3v) is 2.76. The minimum absolute atomic E-state index is 0.143. The Hall–Kier alpha value is -2.41. The number of carbonyl (C=O) groups is 1. The Labute approximate surface area is 118 Å². The molecular weight excluding hydrogens is 285 g/mol. The summed E-state index contributed by atoms with van der Waals surface area (Å²) in [6, 6.07) is 8.34. The van der Waals surface area contributed by atoms with E-state index in [0.29, 0.717) is 17.4 Å². The number of halogens is 3. The zero-order chi connectivity index (χ0) is 15.5. The molecule has 2 rings (SSSR count). The average Bonchev–Trinajstić information content (AvgIpc) is 2.47. The first-order chi connectivity index (χ1) is 9.91. The van der Waals surface area contributed by atoms with Crippen LogP contribution < -0.4 is 5.32 Å². The van der Waals surface area contributed by atoms with Gasteiger partial charge in [-0.25, -0.2) is 0 Å². The zero-order valence-corrected chi connectivity index (χ0v) is 10.7. The number of hydrogen-bond acceptors (Lipinski definition) is 3. The lowest BCUT2D eigenvalue weighted by Gasteiger charge is -2.10. The summed E-state index contributed by atoms with van der Waals surface area (Å²) in [6.45, 7) is -0.267. The van der Waals surface area contributed by atoms with Gasteiger partial charge in [-0.1, -0.05) is 18.2 Å². The molecule has 2 aromatic rings. The topological polar surface area (TPSA) is 62.2 Å². The van der Waals surface area contributed by atoms with Crippen LogP contribution >= 0.6 is 0 Å². The number of alkyl halides is 3. The smallest absolute Gasteiger partial charge is 0.392 e. The van der Waals surface area contributed by atoms with Crippen LogP contribution in [0.15, 0.2) is 42.6 Å². The molecule has 0 saturated heterocycles. The molecule has 1 aromatic carbocycles. The molecule has 1 amide bonds. The second kappa shape index (κ2) is 5.92. The number of aliphatic hydroxyl groups excluding tert-OH is 1. The van der Waals surface area contributed by atoms with Crippen molar-refractivity contribution in [3.05, 3.63) is 59.4 Å². The van der Waals surface area contributed by atoms with Crippen molar-refractivity contribution < 1.29 is 23.1 Å². The molecule has 110 valence electrons. The van der Waals surface area contributed by atoms with Gasteiger partial charge in [0.25, 0.3) is 5.91 Å². The second-order valence-electron chi connectivity index (χ2n) is 4.20. The van der Waals surface area contributed by atoms with Crippen LogP contribution in [0.2, 0.25) is 0 Å². The lowest BCUT2D eigenvalue weighted by molar-refractivity contribution is -0.137. The van der Waals surface area contributed by atoms with Gasteiger partial charge < -0.3 is 10.4 Å². The number of hydrogen-bond donors (Lipinski definition) is 2. The first kappa shape index (κ1) is 15.0.